The van der Waals surface area contributed by atoms with Crippen molar-refractivity contribution in [3.8, 4) is 0 Å². The molecule has 6 heteroatoms. The average molecular weight is 269 g/mol. The Balaban J connectivity index is 2.88. The van der Waals surface area contributed by atoms with E-state index in [0.717, 1.165) is 0 Å². The number of hydrogen-bond acceptors (Lipinski definition) is 3. The molecule has 2 aromatic rings. The van der Waals surface area contributed by atoms with Gasteiger partial charge < -0.3 is 5.11 Å². The van der Waals surface area contributed by atoms with Crippen LogP contribution in [0.25, 0.3) is 5.65 Å². The Morgan fingerprint density at radius 2 is 2.33 bits per heavy atom. The maximum absolute atomic E-state index is 10.9. The zero-order valence-electron chi connectivity index (χ0n) is 7.35. The number of carboxylic acid groups (broad SMARTS) is 1. The van der Waals surface area contributed by atoms with Crippen LogP contribution in [-0.4, -0.2) is 26.7 Å². The lowest BCUT2D eigenvalue weighted by Crippen LogP contribution is -2.02. The van der Waals surface area contributed by atoms with Gasteiger partial charge in [-0.25, -0.2) is 9.78 Å². The summed E-state index contributed by atoms with van der Waals surface area (Å²) < 4.78 is 2.01. The lowest BCUT2D eigenvalue weighted by atomic mass is 10.3. The van der Waals surface area contributed by atoms with E-state index in [-0.39, 0.29) is 11.2 Å². The van der Waals surface area contributed by atoms with E-state index < -0.39 is 5.97 Å². The topological polar surface area (TPSA) is 71.7 Å². The fourth-order valence-electron chi connectivity index (χ4n) is 1.32. The van der Waals surface area contributed by atoms with Crippen molar-refractivity contribution in [2.24, 2.45) is 0 Å². The summed E-state index contributed by atoms with van der Waals surface area (Å²) in [4.78, 5) is 25.4. The van der Waals surface area contributed by atoms with E-state index in [1.807, 2.05) is 0 Å². The lowest BCUT2D eigenvalue weighted by molar-refractivity contribution is 0.0698. The Morgan fingerprint density at radius 1 is 1.60 bits per heavy atom. The summed E-state index contributed by atoms with van der Waals surface area (Å²) in [5, 5.41) is 8.93. The number of rotatable bonds is 2. The number of nitrogens with zero attached hydrogens (tertiary/aromatic N) is 2. The first kappa shape index (κ1) is 9.85. The monoisotopic (exact) mass is 268 g/mol. The van der Waals surface area contributed by atoms with Crippen LogP contribution in [0.5, 0.6) is 0 Å². The normalized spacial score (nSPS) is 10.5. The molecule has 0 unspecified atom stereocenters. The van der Waals surface area contributed by atoms with E-state index in [1.54, 1.807) is 6.20 Å². The highest BCUT2D eigenvalue weighted by Gasteiger charge is 2.13. The van der Waals surface area contributed by atoms with Crippen LogP contribution < -0.4 is 0 Å². The van der Waals surface area contributed by atoms with Crippen molar-refractivity contribution in [3.63, 3.8) is 0 Å². The second-order valence-corrected chi connectivity index (χ2v) is 3.79. The van der Waals surface area contributed by atoms with Gasteiger partial charge in [0.15, 0.2) is 11.9 Å². The summed E-state index contributed by atoms with van der Waals surface area (Å²) in [5.41, 5.74) is 0.624. The number of aromatic nitrogens is 2. The van der Waals surface area contributed by atoms with Gasteiger partial charge in [0.05, 0.1) is 6.20 Å². The Bertz CT molecular complexity index is 562. The minimum absolute atomic E-state index is 0.0532. The molecule has 2 rings (SSSR count). The van der Waals surface area contributed by atoms with Crippen molar-refractivity contribution in [1.82, 2.24) is 9.38 Å². The first-order valence-electron chi connectivity index (χ1n) is 3.98. The van der Waals surface area contributed by atoms with E-state index in [9.17, 15) is 9.59 Å². The molecule has 0 fully saturated rings. The van der Waals surface area contributed by atoms with Crippen LogP contribution in [0.3, 0.4) is 0 Å². The molecule has 0 radical (unpaired) electrons. The summed E-state index contributed by atoms with van der Waals surface area (Å²) in [6.07, 6.45) is 3.55. The van der Waals surface area contributed by atoms with Crippen molar-refractivity contribution < 1.29 is 14.7 Å². The van der Waals surface area contributed by atoms with Gasteiger partial charge in [0.2, 0.25) is 0 Å². The van der Waals surface area contributed by atoms with Crippen LogP contribution in [0.15, 0.2) is 22.9 Å². The second kappa shape index (κ2) is 3.47. The molecule has 0 atom stereocenters. The number of aldehydes is 1. The number of fused-ring (bicyclic) bond motifs is 1. The highest BCUT2D eigenvalue weighted by atomic mass is 79.9. The van der Waals surface area contributed by atoms with Crippen molar-refractivity contribution >= 4 is 33.8 Å². The summed E-state index contributed by atoms with van der Waals surface area (Å²) >= 11 is 3.17. The highest BCUT2D eigenvalue weighted by Crippen LogP contribution is 2.18. The number of carbonyl (C=O) groups is 2. The first-order chi connectivity index (χ1) is 7.13. The van der Waals surface area contributed by atoms with Crippen molar-refractivity contribution in [1.29, 1.82) is 0 Å². The smallest absolute Gasteiger partial charge is 0.339 e. The number of aromatic carboxylic acids is 1. The molecule has 0 aliphatic heterocycles. The molecule has 0 spiro atoms. The number of carboxylic acids is 1. The third kappa shape index (κ3) is 1.52. The fourth-order valence-corrected chi connectivity index (χ4v) is 1.75. The van der Waals surface area contributed by atoms with Crippen LogP contribution in [-0.2, 0) is 0 Å². The Kier molecular flexibility index (Phi) is 2.28. The molecule has 5 nitrogen and oxygen atoms in total. The van der Waals surface area contributed by atoms with Gasteiger partial charge in [-0.05, 0) is 22.0 Å². The summed E-state index contributed by atoms with van der Waals surface area (Å²) in [5.74, 6) is -1.08. The first-order valence-corrected chi connectivity index (χ1v) is 4.78. The molecule has 0 saturated heterocycles. The van der Waals surface area contributed by atoms with Gasteiger partial charge in [-0.3, -0.25) is 9.20 Å². The SMILES string of the molecule is O=Cc1cnc2c(C(=O)O)cc(Br)cn12. The van der Waals surface area contributed by atoms with Crippen molar-refractivity contribution in [2.75, 3.05) is 0 Å². The summed E-state index contributed by atoms with van der Waals surface area (Å²) in [6.45, 7) is 0. The predicted molar refractivity (Wildman–Crippen MR) is 55.2 cm³/mol. The molecule has 0 bridgehead atoms. The third-order valence-electron chi connectivity index (χ3n) is 1.95. The van der Waals surface area contributed by atoms with Crippen molar-refractivity contribution in [2.45, 2.75) is 0 Å². The molecule has 0 aliphatic carbocycles. The number of carbonyl (C=O) groups excluding carboxylic acids is 1. The Morgan fingerprint density at radius 3 is 2.93 bits per heavy atom. The van der Waals surface area contributed by atoms with Gasteiger partial charge in [-0.1, -0.05) is 0 Å². The molecule has 1 N–H and O–H groups in total. The van der Waals surface area contributed by atoms with Crippen molar-refractivity contribution in [3.05, 3.63) is 34.2 Å². The summed E-state index contributed by atoms with van der Waals surface area (Å²) in [6, 6.07) is 1.44. The number of hydrogen-bond donors (Lipinski definition) is 1. The molecule has 0 aromatic carbocycles. The van der Waals surface area contributed by atoms with E-state index in [2.05, 4.69) is 20.9 Å². The van der Waals surface area contributed by atoms with E-state index in [0.29, 0.717) is 16.5 Å². The van der Waals surface area contributed by atoms with Gasteiger partial charge in [0.1, 0.15) is 11.3 Å². The Labute approximate surface area is 92.5 Å². The number of halogens is 1. The molecule has 76 valence electrons. The van der Waals surface area contributed by atoms with Gasteiger partial charge >= 0.3 is 5.97 Å². The van der Waals surface area contributed by atoms with Gasteiger partial charge in [-0.15, -0.1) is 0 Å². The van der Waals surface area contributed by atoms with Gasteiger partial charge in [0.25, 0.3) is 0 Å². The minimum atomic E-state index is -1.08. The molecule has 2 heterocycles. The Hall–Kier alpha value is -1.69. The van der Waals surface area contributed by atoms with E-state index in [4.69, 9.17) is 5.11 Å². The van der Waals surface area contributed by atoms with Crippen LogP contribution in [0.4, 0.5) is 0 Å². The zero-order chi connectivity index (χ0) is 11.0. The highest BCUT2D eigenvalue weighted by molar-refractivity contribution is 9.10. The molecule has 0 saturated carbocycles. The standard InChI is InChI=1S/C9H5BrN2O3/c10-5-1-7(9(14)15)8-11-2-6(4-13)12(8)3-5/h1-4H,(H,14,15). The number of pyridine rings is 1. The third-order valence-corrected chi connectivity index (χ3v) is 2.39. The fraction of sp³-hybridized carbons (Fsp3) is 0. The summed E-state index contributed by atoms with van der Waals surface area (Å²) in [7, 11) is 0. The van der Waals surface area contributed by atoms with E-state index >= 15 is 0 Å². The lowest BCUT2D eigenvalue weighted by Gasteiger charge is -2.00. The second-order valence-electron chi connectivity index (χ2n) is 2.87. The quantitative estimate of drug-likeness (QED) is 0.840. The number of imidazole rings is 1. The van der Waals surface area contributed by atoms with Crippen LogP contribution in [0.2, 0.25) is 0 Å². The van der Waals surface area contributed by atoms with Crippen LogP contribution in [0.1, 0.15) is 20.8 Å². The van der Waals surface area contributed by atoms with Crippen LogP contribution in [0, 0.1) is 0 Å². The molecule has 0 aliphatic rings. The zero-order valence-corrected chi connectivity index (χ0v) is 8.93. The average Bonchev–Trinajstić information content (AvgIpc) is 2.58. The molecule has 0 amide bonds. The molecule has 2 aromatic heterocycles. The minimum Gasteiger partial charge on any atom is -0.478 e. The maximum atomic E-state index is 10.9. The largest absolute Gasteiger partial charge is 0.478 e. The van der Waals surface area contributed by atoms with Crippen LogP contribution >= 0.6 is 15.9 Å². The molecule has 15 heavy (non-hydrogen) atoms. The van der Waals surface area contributed by atoms with E-state index in [1.165, 1.54) is 16.7 Å². The van der Waals surface area contributed by atoms with Gasteiger partial charge in [0, 0.05) is 10.7 Å². The molecular formula is C9H5BrN2O3. The maximum Gasteiger partial charge on any atom is 0.339 e. The van der Waals surface area contributed by atoms with Gasteiger partial charge in [-0.2, -0.15) is 0 Å². The molecular weight excluding hydrogens is 264 g/mol. The predicted octanol–water partition coefficient (Wildman–Crippen LogP) is 1.61.